The van der Waals surface area contributed by atoms with Gasteiger partial charge in [0.2, 0.25) is 0 Å². The maximum Gasteiger partial charge on any atom is 0.265 e. The minimum absolute atomic E-state index is 0.0613. The molecule has 1 aliphatic heterocycles. The Hall–Kier alpha value is -1.10. The van der Waals surface area contributed by atoms with Crippen molar-refractivity contribution in [2.24, 2.45) is 0 Å². The first-order valence-electron chi connectivity index (χ1n) is 5.22. The predicted octanol–water partition coefficient (Wildman–Crippen LogP) is 3.73. The van der Waals surface area contributed by atoms with Crippen LogP contribution in [0.5, 0.6) is 0 Å². The first-order valence-corrected chi connectivity index (χ1v) is 6.82. The standard InChI is InChI=1S/C13H10ClNOS2/c1-15-12(16)11(18-13(15)17)8-4-6-9-5-2-3-7-10(9)14/h2-8H,1H3/b6-4-,11-8-. The summed E-state index contributed by atoms with van der Waals surface area (Å²) < 4.78 is 0.581. The molecule has 5 heteroatoms. The second-order valence-electron chi connectivity index (χ2n) is 3.64. The number of nitrogens with zero attached hydrogens (tertiary/aromatic N) is 1. The Labute approximate surface area is 120 Å². The summed E-state index contributed by atoms with van der Waals surface area (Å²) in [6, 6.07) is 7.53. The molecule has 1 heterocycles. The number of allylic oxidation sites excluding steroid dienone is 2. The van der Waals surface area contributed by atoms with Gasteiger partial charge in [0.05, 0.1) is 4.91 Å². The Morgan fingerprint density at radius 3 is 2.72 bits per heavy atom. The lowest BCUT2D eigenvalue weighted by atomic mass is 10.2. The van der Waals surface area contributed by atoms with Gasteiger partial charge in [-0.05, 0) is 17.7 Å². The third-order valence-corrected chi connectivity index (χ3v) is 4.26. The van der Waals surface area contributed by atoms with E-state index in [0.29, 0.717) is 14.2 Å². The van der Waals surface area contributed by atoms with Crippen LogP contribution in [0, 0.1) is 0 Å². The summed E-state index contributed by atoms with van der Waals surface area (Å²) in [5, 5.41) is 0.685. The second-order valence-corrected chi connectivity index (χ2v) is 5.73. The van der Waals surface area contributed by atoms with E-state index in [-0.39, 0.29) is 5.91 Å². The second kappa shape index (κ2) is 5.69. The van der Waals surface area contributed by atoms with Gasteiger partial charge < -0.3 is 0 Å². The Balaban J connectivity index is 2.15. The van der Waals surface area contributed by atoms with Crippen LogP contribution >= 0.6 is 35.6 Å². The van der Waals surface area contributed by atoms with Gasteiger partial charge in [0.25, 0.3) is 5.91 Å². The number of halogens is 1. The number of benzene rings is 1. The van der Waals surface area contributed by atoms with Crippen LogP contribution in [0.1, 0.15) is 5.56 Å². The number of carbonyl (C=O) groups is 1. The van der Waals surface area contributed by atoms with Gasteiger partial charge in [0.15, 0.2) is 0 Å². The Morgan fingerprint density at radius 2 is 2.11 bits per heavy atom. The van der Waals surface area contributed by atoms with Crippen molar-refractivity contribution in [3.8, 4) is 0 Å². The summed E-state index contributed by atoms with van der Waals surface area (Å²) in [7, 11) is 1.68. The molecule has 0 atom stereocenters. The molecule has 0 saturated carbocycles. The van der Waals surface area contributed by atoms with Gasteiger partial charge in [-0.3, -0.25) is 9.69 Å². The maximum absolute atomic E-state index is 11.7. The van der Waals surface area contributed by atoms with E-state index in [2.05, 4.69) is 0 Å². The third-order valence-electron chi connectivity index (χ3n) is 2.42. The molecule has 0 radical (unpaired) electrons. The molecule has 0 spiro atoms. The number of amides is 1. The van der Waals surface area contributed by atoms with Crippen LogP contribution in [0.3, 0.4) is 0 Å². The summed E-state index contributed by atoms with van der Waals surface area (Å²) in [6.45, 7) is 0. The molecule has 0 bridgehead atoms. The van der Waals surface area contributed by atoms with E-state index in [9.17, 15) is 4.79 Å². The lowest BCUT2D eigenvalue weighted by molar-refractivity contribution is -0.121. The fourth-order valence-electron chi connectivity index (χ4n) is 1.41. The van der Waals surface area contributed by atoms with Crippen LogP contribution in [0.4, 0.5) is 0 Å². The van der Waals surface area contributed by atoms with Gasteiger partial charge in [-0.15, -0.1) is 0 Å². The van der Waals surface area contributed by atoms with Crippen molar-refractivity contribution in [1.82, 2.24) is 4.90 Å². The topological polar surface area (TPSA) is 20.3 Å². The van der Waals surface area contributed by atoms with Gasteiger partial charge in [-0.2, -0.15) is 0 Å². The molecule has 1 aliphatic rings. The van der Waals surface area contributed by atoms with Gasteiger partial charge in [-0.1, -0.05) is 65.9 Å². The van der Waals surface area contributed by atoms with Crippen molar-refractivity contribution in [2.45, 2.75) is 0 Å². The van der Waals surface area contributed by atoms with Crippen molar-refractivity contribution in [1.29, 1.82) is 0 Å². The van der Waals surface area contributed by atoms with Gasteiger partial charge in [0, 0.05) is 12.1 Å². The molecule has 18 heavy (non-hydrogen) atoms. The highest BCUT2D eigenvalue weighted by atomic mass is 35.5. The normalized spacial score (nSPS) is 18.3. The number of thioether (sulfide) groups is 1. The number of hydrogen-bond donors (Lipinski definition) is 0. The molecule has 1 aromatic rings. The smallest absolute Gasteiger partial charge is 0.265 e. The maximum atomic E-state index is 11.7. The molecular formula is C13H10ClNOS2. The van der Waals surface area contributed by atoms with Crippen LogP contribution in [-0.2, 0) is 4.79 Å². The zero-order valence-corrected chi connectivity index (χ0v) is 12.0. The monoisotopic (exact) mass is 295 g/mol. The molecule has 0 unspecified atom stereocenters. The summed E-state index contributed by atoms with van der Waals surface area (Å²) >= 11 is 12.4. The molecule has 1 fully saturated rings. The minimum atomic E-state index is -0.0613. The average Bonchev–Trinajstić information content (AvgIpc) is 2.60. The summed E-state index contributed by atoms with van der Waals surface area (Å²) in [5.41, 5.74) is 0.919. The molecule has 2 rings (SSSR count). The average molecular weight is 296 g/mol. The third kappa shape index (κ3) is 2.83. The zero-order chi connectivity index (χ0) is 13.1. The molecule has 0 aromatic heterocycles. The number of carbonyl (C=O) groups excluding carboxylic acids is 1. The molecule has 1 aromatic carbocycles. The SMILES string of the molecule is CN1C(=O)/C(=C/C=C\c2ccccc2Cl)SC1=S. The Morgan fingerprint density at radius 1 is 1.39 bits per heavy atom. The first kappa shape index (κ1) is 13.3. The van der Waals surface area contributed by atoms with Crippen molar-refractivity contribution in [2.75, 3.05) is 7.05 Å². The summed E-state index contributed by atoms with van der Waals surface area (Å²) in [4.78, 5) is 13.8. The van der Waals surface area contributed by atoms with Crippen molar-refractivity contribution < 1.29 is 4.79 Å². The van der Waals surface area contributed by atoms with E-state index in [0.717, 1.165) is 5.56 Å². The van der Waals surface area contributed by atoms with E-state index < -0.39 is 0 Å². The van der Waals surface area contributed by atoms with E-state index in [4.69, 9.17) is 23.8 Å². The van der Waals surface area contributed by atoms with Crippen LogP contribution in [0.2, 0.25) is 5.02 Å². The van der Waals surface area contributed by atoms with Crippen LogP contribution < -0.4 is 0 Å². The zero-order valence-electron chi connectivity index (χ0n) is 9.59. The summed E-state index contributed by atoms with van der Waals surface area (Å²) in [6.07, 6.45) is 5.43. The fourth-order valence-corrected chi connectivity index (χ4v) is 2.74. The highest BCUT2D eigenvalue weighted by Gasteiger charge is 2.27. The largest absolute Gasteiger partial charge is 0.296 e. The molecule has 1 saturated heterocycles. The van der Waals surface area contributed by atoms with Gasteiger partial charge >= 0.3 is 0 Å². The van der Waals surface area contributed by atoms with E-state index in [1.54, 1.807) is 13.1 Å². The van der Waals surface area contributed by atoms with E-state index in [1.165, 1.54) is 16.7 Å². The van der Waals surface area contributed by atoms with Gasteiger partial charge in [0.1, 0.15) is 4.32 Å². The lowest BCUT2D eigenvalue weighted by Crippen LogP contribution is -2.22. The lowest BCUT2D eigenvalue weighted by Gasteiger charge is -2.03. The number of thiocarbonyl (C=S) groups is 1. The number of rotatable bonds is 2. The van der Waals surface area contributed by atoms with Crippen LogP contribution in [-0.4, -0.2) is 22.2 Å². The number of hydrogen-bond acceptors (Lipinski definition) is 3. The Kier molecular flexibility index (Phi) is 4.22. The highest BCUT2D eigenvalue weighted by Crippen LogP contribution is 2.29. The van der Waals surface area contributed by atoms with Crippen LogP contribution in [0.15, 0.2) is 41.3 Å². The minimum Gasteiger partial charge on any atom is -0.296 e. The van der Waals surface area contributed by atoms with Crippen molar-refractivity contribution >= 4 is 51.9 Å². The van der Waals surface area contributed by atoms with E-state index in [1.807, 2.05) is 36.4 Å². The highest BCUT2D eigenvalue weighted by molar-refractivity contribution is 8.26. The predicted molar refractivity (Wildman–Crippen MR) is 81.5 cm³/mol. The van der Waals surface area contributed by atoms with Crippen molar-refractivity contribution in [3.63, 3.8) is 0 Å². The number of likely N-dealkylation sites (N-methyl/N-ethyl adjacent to an activating group) is 1. The molecule has 92 valence electrons. The molecule has 0 N–H and O–H groups in total. The molecular weight excluding hydrogens is 286 g/mol. The summed E-state index contributed by atoms with van der Waals surface area (Å²) in [5.74, 6) is -0.0613. The molecule has 1 amide bonds. The fraction of sp³-hybridized carbons (Fsp3) is 0.0769. The van der Waals surface area contributed by atoms with Gasteiger partial charge in [-0.25, -0.2) is 0 Å². The first-order chi connectivity index (χ1) is 8.59. The van der Waals surface area contributed by atoms with Crippen LogP contribution in [0.25, 0.3) is 6.08 Å². The molecule has 0 aliphatic carbocycles. The Bertz CT molecular complexity index is 566. The van der Waals surface area contributed by atoms with Crippen molar-refractivity contribution in [3.05, 3.63) is 51.9 Å². The quantitative estimate of drug-likeness (QED) is 0.612. The van der Waals surface area contributed by atoms with E-state index >= 15 is 0 Å². The molecule has 2 nitrogen and oxygen atoms in total.